The number of benzene rings is 1. The third-order valence-corrected chi connectivity index (χ3v) is 6.98. The molecule has 0 aliphatic carbocycles. The fraction of sp³-hybridized carbons (Fsp3) is 0.500. The zero-order valence-electron chi connectivity index (χ0n) is 17.0. The van der Waals surface area contributed by atoms with E-state index in [-0.39, 0.29) is 0 Å². The van der Waals surface area contributed by atoms with Crippen molar-refractivity contribution in [1.29, 1.82) is 0 Å². The van der Waals surface area contributed by atoms with Crippen molar-refractivity contribution in [3.8, 4) is 11.3 Å². The van der Waals surface area contributed by atoms with E-state index in [1.54, 1.807) is 5.19 Å². The van der Waals surface area contributed by atoms with Gasteiger partial charge in [0.1, 0.15) is 7.05 Å². The lowest BCUT2D eigenvalue weighted by Gasteiger charge is -2.23. The summed E-state index contributed by atoms with van der Waals surface area (Å²) in [7, 11) is 0.798. The Morgan fingerprint density at radius 3 is 2.00 bits per heavy atom. The Bertz CT molecular complexity index is 736. The van der Waals surface area contributed by atoms with E-state index in [4.69, 9.17) is 0 Å². The molecule has 0 saturated heterocycles. The fourth-order valence-electron chi connectivity index (χ4n) is 3.38. The van der Waals surface area contributed by atoms with Crippen molar-refractivity contribution < 1.29 is 4.57 Å². The smallest absolute Gasteiger partial charge is 0.201 e. The first-order valence-electron chi connectivity index (χ1n) is 9.17. The van der Waals surface area contributed by atoms with Crippen LogP contribution in [0.5, 0.6) is 0 Å². The highest BCUT2D eigenvalue weighted by Crippen LogP contribution is 2.26. The third-order valence-electron chi connectivity index (χ3n) is 4.93. The monoisotopic (exact) mass is 340 g/mol. The van der Waals surface area contributed by atoms with E-state index in [2.05, 4.69) is 96.3 Å². The molecule has 1 aromatic carbocycles. The summed E-state index contributed by atoms with van der Waals surface area (Å²) in [6, 6.07) is 9.42. The standard InChI is InChI=1S/C22H34NSi/c1-15(2)18-10-11-19(17(5)12-18)21-13-22(24(7,8)9)20(16(3)4)14-23(21)6/h10-16H,1-9H3/q+1. The summed E-state index contributed by atoms with van der Waals surface area (Å²) in [6.45, 7) is 18.7. The van der Waals surface area contributed by atoms with Gasteiger partial charge in [0.05, 0.1) is 8.07 Å². The van der Waals surface area contributed by atoms with E-state index in [9.17, 15) is 0 Å². The number of hydrogen-bond acceptors (Lipinski definition) is 0. The lowest BCUT2D eigenvalue weighted by Crippen LogP contribution is -2.45. The van der Waals surface area contributed by atoms with Gasteiger partial charge in [0.25, 0.3) is 0 Å². The summed E-state index contributed by atoms with van der Waals surface area (Å²) < 4.78 is 2.32. The molecule has 0 aliphatic heterocycles. The van der Waals surface area contributed by atoms with Gasteiger partial charge in [-0.1, -0.05) is 59.5 Å². The summed E-state index contributed by atoms with van der Waals surface area (Å²) in [5.41, 5.74) is 7.00. The van der Waals surface area contributed by atoms with Crippen molar-refractivity contribution in [3.63, 3.8) is 0 Å². The molecule has 2 heteroatoms. The molecule has 0 aliphatic rings. The van der Waals surface area contributed by atoms with Crippen molar-refractivity contribution in [1.82, 2.24) is 0 Å². The molecule has 1 nitrogen and oxygen atoms in total. The zero-order chi connectivity index (χ0) is 18.2. The van der Waals surface area contributed by atoms with E-state index >= 15 is 0 Å². The van der Waals surface area contributed by atoms with E-state index in [1.807, 2.05) is 0 Å². The fourth-order valence-corrected chi connectivity index (χ4v) is 5.17. The van der Waals surface area contributed by atoms with E-state index in [0.717, 1.165) is 0 Å². The van der Waals surface area contributed by atoms with Crippen LogP contribution in [0.1, 0.15) is 56.2 Å². The van der Waals surface area contributed by atoms with Gasteiger partial charge in [-0.05, 0) is 41.1 Å². The molecule has 0 spiro atoms. The van der Waals surface area contributed by atoms with Gasteiger partial charge < -0.3 is 0 Å². The predicted molar refractivity (Wildman–Crippen MR) is 109 cm³/mol. The number of nitrogens with zero attached hydrogens (tertiary/aromatic N) is 1. The maximum atomic E-state index is 2.47. The van der Waals surface area contributed by atoms with Crippen LogP contribution >= 0.6 is 0 Å². The second-order valence-electron chi connectivity index (χ2n) is 8.77. The van der Waals surface area contributed by atoms with Crippen LogP contribution in [0.25, 0.3) is 11.3 Å². The summed E-state index contributed by atoms with van der Waals surface area (Å²) in [5.74, 6) is 1.14. The molecule has 0 bridgehead atoms. The number of rotatable bonds is 4. The number of pyridine rings is 1. The first kappa shape index (κ1) is 18.9. The quantitative estimate of drug-likeness (QED) is 0.527. The minimum Gasteiger partial charge on any atom is -0.201 e. The van der Waals surface area contributed by atoms with Crippen LogP contribution in [0.3, 0.4) is 0 Å². The predicted octanol–water partition coefficient (Wildman–Crippen LogP) is 5.28. The highest BCUT2D eigenvalue weighted by atomic mass is 28.3. The average Bonchev–Trinajstić information content (AvgIpc) is 2.45. The third kappa shape index (κ3) is 3.80. The second-order valence-corrected chi connectivity index (χ2v) is 13.8. The highest BCUT2D eigenvalue weighted by Gasteiger charge is 2.27. The van der Waals surface area contributed by atoms with E-state index < -0.39 is 8.07 Å². The molecule has 1 heterocycles. The molecule has 0 saturated carbocycles. The van der Waals surface area contributed by atoms with Crippen LogP contribution < -0.4 is 9.75 Å². The molecule has 2 aromatic rings. The van der Waals surface area contributed by atoms with Crippen LogP contribution in [0, 0.1) is 6.92 Å². The Hall–Kier alpha value is -1.41. The lowest BCUT2D eigenvalue weighted by molar-refractivity contribution is -0.660. The first-order chi connectivity index (χ1) is 11.0. The molecule has 1 aromatic heterocycles. The average molecular weight is 341 g/mol. The van der Waals surface area contributed by atoms with Crippen molar-refractivity contribution in [2.75, 3.05) is 0 Å². The topological polar surface area (TPSA) is 3.88 Å². The summed E-state index contributed by atoms with van der Waals surface area (Å²) in [4.78, 5) is 0. The van der Waals surface area contributed by atoms with E-state index in [0.29, 0.717) is 11.8 Å². The Labute approximate surface area is 149 Å². The molecule has 0 N–H and O–H groups in total. The molecule has 130 valence electrons. The van der Waals surface area contributed by atoms with Crippen molar-refractivity contribution >= 4 is 13.3 Å². The van der Waals surface area contributed by atoms with Gasteiger partial charge in [-0.3, -0.25) is 0 Å². The SMILES string of the molecule is Cc1cc(C(C)C)ccc1-c1cc([Si](C)(C)C)c(C(C)C)c[n+]1C. The molecular formula is C22H34NSi+. The van der Waals surface area contributed by atoms with Crippen LogP contribution in [0.2, 0.25) is 19.6 Å². The Balaban J connectivity index is 2.68. The maximum Gasteiger partial charge on any atom is 0.212 e. The normalized spacial score (nSPS) is 12.3. The number of aryl methyl sites for hydroxylation is 2. The minimum absolute atomic E-state index is 0.566. The summed E-state index contributed by atoms with van der Waals surface area (Å²) in [6.07, 6.45) is 2.36. The summed E-state index contributed by atoms with van der Waals surface area (Å²) in [5, 5.41) is 1.60. The molecule has 24 heavy (non-hydrogen) atoms. The van der Waals surface area contributed by atoms with Gasteiger partial charge in [0.2, 0.25) is 5.69 Å². The van der Waals surface area contributed by atoms with Crippen molar-refractivity contribution in [2.24, 2.45) is 7.05 Å². The molecule has 2 rings (SSSR count). The maximum absolute atomic E-state index is 2.47. The van der Waals surface area contributed by atoms with Crippen LogP contribution in [-0.2, 0) is 7.05 Å². The van der Waals surface area contributed by atoms with Gasteiger partial charge >= 0.3 is 0 Å². The highest BCUT2D eigenvalue weighted by molar-refractivity contribution is 6.89. The van der Waals surface area contributed by atoms with Gasteiger partial charge in [-0.2, -0.15) is 0 Å². The molecule has 0 radical (unpaired) electrons. The lowest BCUT2D eigenvalue weighted by atomic mass is 9.95. The van der Waals surface area contributed by atoms with Crippen molar-refractivity contribution in [2.45, 2.75) is 66.1 Å². The minimum atomic E-state index is -1.39. The largest absolute Gasteiger partial charge is 0.212 e. The molecular weight excluding hydrogens is 306 g/mol. The van der Waals surface area contributed by atoms with Crippen molar-refractivity contribution in [3.05, 3.63) is 47.2 Å². The summed E-state index contributed by atoms with van der Waals surface area (Å²) >= 11 is 0. The van der Waals surface area contributed by atoms with Gasteiger partial charge in [-0.25, -0.2) is 4.57 Å². The second kappa shape index (κ2) is 6.83. The van der Waals surface area contributed by atoms with Crippen LogP contribution in [0.4, 0.5) is 0 Å². The van der Waals surface area contributed by atoms with Gasteiger partial charge in [0.15, 0.2) is 6.20 Å². The number of hydrogen-bond donors (Lipinski definition) is 0. The zero-order valence-corrected chi connectivity index (χ0v) is 18.0. The molecule has 0 unspecified atom stereocenters. The molecule has 0 atom stereocenters. The van der Waals surface area contributed by atoms with Gasteiger partial charge in [0, 0.05) is 17.2 Å². The van der Waals surface area contributed by atoms with Crippen LogP contribution in [-0.4, -0.2) is 8.07 Å². The molecule has 0 amide bonds. The Morgan fingerprint density at radius 1 is 0.917 bits per heavy atom. The van der Waals surface area contributed by atoms with Gasteiger partial charge in [-0.15, -0.1) is 0 Å². The Kier molecular flexibility index (Phi) is 5.39. The van der Waals surface area contributed by atoms with Crippen LogP contribution in [0.15, 0.2) is 30.5 Å². The Morgan fingerprint density at radius 2 is 1.54 bits per heavy atom. The molecule has 0 fully saturated rings. The first-order valence-corrected chi connectivity index (χ1v) is 12.7. The number of aromatic nitrogens is 1. The van der Waals surface area contributed by atoms with E-state index in [1.165, 1.54) is 27.9 Å².